The molecule has 25 heavy (non-hydrogen) atoms. The van der Waals surface area contributed by atoms with Crippen LogP contribution >= 0.6 is 11.6 Å². The van der Waals surface area contributed by atoms with Crippen LogP contribution in [-0.4, -0.2) is 16.0 Å². The first-order valence-corrected chi connectivity index (χ1v) is 8.10. The minimum absolute atomic E-state index is 0.155. The minimum atomic E-state index is -0.504. The Kier molecular flexibility index (Phi) is 5.09. The van der Waals surface area contributed by atoms with Crippen LogP contribution in [0.1, 0.15) is 18.4 Å². The van der Waals surface area contributed by atoms with Gasteiger partial charge < -0.3 is 9.84 Å². The Labute approximate surface area is 148 Å². The highest BCUT2D eigenvalue weighted by Crippen LogP contribution is 2.22. The summed E-state index contributed by atoms with van der Waals surface area (Å²) in [5.41, 5.74) is 1.44. The van der Waals surface area contributed by atoms with E-state index in [-0.39, 0.29) is 22.9 Å². The molecule has 2 aromatic carbocycles. The standard InChI is InChI=1S/C18H15ClFN3O2/c1-2-17-22-18(23-25-17)11-5-3-6-12(9-11)21-16(24)10-13-14(19)7-4-8-15(13)20/h3-9H,2,10H2,1H3,(H,21,24). The Balaban J connectivity index is 1.74. The highest BCUT2D eigenvalue weighted by Gasteiger charge is 2.13. The van der Waals surface area contributed by atoms with E-state index >= 15 is 0 Å². The number of carbonyl (C=O) groups is 1. The van der Waals surface area contributed by atoms with E-state index in [4.69, 9.17) is 16.1 Å². The van der Waals surface area contributed by atoms with Crippen LogP contribution in [0.3, 0.4) is 0 Å². The summed E-state index contributed by atoms with van der Waals surface area (Å²) in [5.74, 6) is 0.116. The Morgan fingerprint density at radius 3 is 2.80 bits per heavy atom. The number of aromatic nitrogens is 2. The fraction of sp³-hybridized carbons (Fsp3) is 0.167. The van der Waals surface area contributed by atoms with Crippen molar-refractivity contribution in [3.8, 4) is 11.4 Å². The Morgan fingerprint density at radius 1 is 1.28 bits per heavy atom. The normalized spacial score (nSPS) is 10.7. The van der Waals surface area contributed by atoms with E-state index in [9.17, 15) is 9.18 Å². The van der Waals surface area contributed by atoms with Crippen LogP contribution < -0.4 is 5.32 Å². The number of amides is 1. The molecular weight excluding hydrogens is 345 g/mol. The summed E-state index contributed by atoms with van der Waals surface area (Å²) in [6, 6.07) is 11.4. The van der Waals surface area contributed by atoms with E-state index in [1.165, 1.54) is 12.1 Å². The molecule has 3 aromatic rings. The Bertz CT molecular complexity index is 891. The van der Waals surface area contributed by atoms with Gasteiger partial charge in [-0.15, -0.1) is 0 Å². The first kappa shape index (κ1) is 17.1. The fourth-order valence-corrected chi connectivity index (χ4v) is 2.55. The lowest BCUT2D eigenvalue weighted by Gasteiger charge is -2.08. The van der Waals surface area contributed by atoms with Crippen molar-refractivity contribution < 1.29 is 13.7 Å². The van der Waals surface area contributed by atoms with Gasteiger partial charge in [0, 0.05) is 28.3 Å². The van der Waals surface area contributed by atoms with E-state index in [2.05, 4.69) is 15.5 Å². The number of nitrogens with zero attached hydrogens (tertiary/aromatic N) is 2. The zero-order valence-corrected chi connectivity index (χ0v) is 14.2. The molecule has 128 valence electrons. The van der Waals surface area contributed by atoms with E-state index in [1.807, 2.05) is 13.0 Å². The van der Waals surface area contributed by atoms with Crippen LogP contribution in [0.25, 0.3) is 11.4 Å². The summed E-state index contributed by atoms with van der Waals surface area (Å²) in [5, 5.41) is 6.85. The number of anilines is 1. The van der Waals surface area contributed by atoms with Crippen LogP contribution in [-0.2, 0) is 17.6 Å². The second kappa shape index (κ2) is 7.44. The highest BCUT2D eigenvalue weighted by molar-refractivity contribution is 6.31. The predicted octanol–water partition coefficient (Wildman–Crippen LogP) is 4.27. The molecule has 7 heteroatoms. The van der Waals surface area contributed by atoms with Gasteiger partial charge in [0.25, 0.3) is 0 Å². The molecule has 0 saturated carbocycles. The van der Waals surface area contributed by atoms with E-state index < -0.39 is 5.82 Å². The average molecular weight is 360 g/mol. The van der Waals surface area contributed by atoms with Crippen molar-refractivity contribution in [3.63, 3.8) is 0 Å². The molecule has 0 aliphatic rings. The van der Waals surface area contributed by atoms with Crippen molar-refractivity contribution in [2.75, 3.05) is 5.32 Å². The molecule has 1 N–H and O–H groups in total. The van der Waals surface area contributed by atoms with Gasteiger partial charge in [-0.25, -0.2) is 4.39 Å². The molecule has 0 fully saturated rings. The maximum absolute atomic E-state index is 13.8. The third kappa shape index (κ3) is 4.03. The van der Waals surface area contributed by atoms with Gasteiger partial charge in [-0.2, -0.15) is 4.98 Å². The Morgan fingerprint density at radius 2 is 2.08 bits per heavy atom. The van der Waals surface area contributed by atoms with E-state index in [0.29, 0.717) is 29.4 Å². The number of benzene rings is 2. The van der Waals surface area contributed by atoms with Gasteiger partial charge in [0.05, 0.1) is 6.42 Å². The number of rotatable bonds is 5. The van der Waals surface area contributed by atoms with Gasteiger partial charge in [-0.1, -0.05) is 41.9 Å². The largest absolute Gasteiger partial charge is 0.339 e. The molecule has 1 aromatic heterocycles. The number of halogens is 2. The van der Waals surface area contributed by atoms with Gasteiger partial charge in [-0.05, 0) is 24.3 Å². The van der Waals surface area contributed by atoms with Crippen molar-refractivity contribution >= 4 is 23.2 Å². The van der Waals surface area contributed by atoms with Crippen molar-refractivity contribution in [1.82, 2.24) is 10.1 Å². The first-order chi connectivity index (χ1) is 12.1. The van der Waals surface area contributed by atoms with E-state index in [1.54, 1.807) is 24.3 Å². The topological polar surface area (TPSA) is 68.0 Å². The molecule has 5 nitrogen and oxygen atoms in total. The number of nitrogens with one attached hydrogen (secondary N) is 1. The number of aryl methyl sites for hydroxylation is 1. The predicted molar refractivity (Wildman–Crippen MR) is 92.9 cm³/mol. The summed E-state index contributed by atoms with van der Waals surface area (Å²) >= 11 is 5.95. The molecule has 3 rings (SSSR count). The molecular formula is C18H15ClFN3O2. The molecule has 0 aliphatic carbocycles. The van der Waals surface area contributed by atoms with Gasteiger partial charge in [0.1, 0.15) is 5.82 Å². The van der Waals surface area contributed by atoms with Crippen LogP contribution in [0.15, 0.2) is 47.0 Å². The van der Waals surface area contributed by atoms with Gasteiger partial charge >= 0.3 is 0 Å². The molecule has 0 unspecified atom stereocenters. The van der Waals surface area contributed by atoms with Crippen LogP contribution in [0.4, 0.5) is 10.1 Å². The summed E-state index contributed by atoms with van der Waals surface area (Å²) in [7, 11) is 0. The lowest BCUT2D eigenvalue weighted by atomic mass is 10.1. The highest BCUT2D eigenvalue weighted by atomic mass is 35.5. The lowest BCUT2D eigenvalue weighted by molar-refractivity contribution is -0.115. The van der Waals surface area contributed by atoms with Crippen LogP contribution in [0, 0.1) is 5.82 Å². The molecule has 1 heterocycles. The molecule has 0 atom stereocenters. The molecule has 0 bridgehead atoms. The van der Waals surface area contributed by atoms with Crippen molar-refractivity contribution in [3.05, 3.63) is 64.8 Å². The average Bonchev–Trinajstić information content (AvgIpc) is 3.08. The fourth-order valence-electron chi connectivity index (χ4n) is 2.32. The third-order valence-corrected chi connectivity index (χ3v) is 3.93. The van der Waals surface area contributed by atoms with Gasteiger partial charge in [0.2, 0.25) is 17.6 Å². The molecule has 0 radical (unpaired) electrons. The first-order valence-electron chi connectivity index (χ1n) is 7.72. The zero-order valence-electron chi connectivity index (χ0n) is 13.4. The van der Waals surface area contributed by atoms with Gasteiger partial charge in [-0.3, -0.25) is 4.79 Å². The number of hydrogen-bond acceptors (Lipinski definition) is 4. The minimum Gasteiger partial charge on any atom is -0.339 e. The summed E-state index contributed by atoms with van der Waals surface area (Å²) in [4.78, 5) is 16.5. The molecule has 0 saturated heterocycles. The third-order valence-electron chi connectivity index (χ3n) is 3.57. The summed E-state index contributed by atoms with van der Waals surface area (Å²) in [6.45, 7) is 1.92. The molecule has 0 aliphatic heterocycles. The van der Waals surface area contributed by atoms with Crippen LogP contribution in [0.2, 0.25) is 5.02 Å². The molecule has 1 amide bonds. The summed E-state index contributed by atoms with van der Waals surface area (Å²) < 4.78 is 18.9. The quantitative estimate of drug-likeness (QED) is 0.738. The van der Waals surface area contributed by atoms with E-state index in [0.717, 1.165) is 0 Å². The van der Waals surface area contributed by atoms with Gasteiger partial charge in [0.15, 0.2) is 0 Å². The zero-order chi connectivity index (χ0) is 17.8. The van der Waals surface area contributed by atoms with Crippen LogP contribution in [0.5, 0.6) is 0 Å². The smallest absolute Gasteiger partial charge is 0.228 e. The Hall–Kier alpha value is -2.73. The number of carbonyl (C=O) groups excluding carboxylic acids is 1. The lowest BCUT2D eigenvalue weighted by Crippen LogP contribution is -2.15. The van der Waals surface area contributed by atoms with Crippen molar-refractivity contribution in [1.29, 1.82) is 0 Å². The second-order valence-corrected chi connectivity index (χ2v) is 5.78. The SMILES string of the molecule is CCc1nc(-c2cccc(NC(=O)Cc3c(F)cccc3Cl)c2)no1. The van der Waals surface area contributed by atoms with Crippen molar-refractivity contribution in [2.45, 2.75) is 19.8 Å². The number of hydrogen-bond donors (Lipinski definition) is 1. The second-order valence-electron chi connectivity index (χ2n) is 5.37. The van der Waals surface area contributed by atoms with Crippen molar-refractivity contribution in [2.24, 2.45) is 0 Å². The maximum Gasteiger partial charge on any atom is 0.228 e. The molecule has 0 spiro atoms. The maximum atomic E-state index is 13.8. The monoisotopic (exact) mass is 359 g/mol. The summed E-state index contributed by atoms with van der Waals surface area (Å²) in [6.07, 6.45) is 0.491.